The van der Waals surface area contributed by atoms with Gasteiger partial charge in [0.2, 0.25) is 0 Å². The lowest BCUT2D eigenvalue weighted by molar-refractivity contribution is -0.145. The van der Waals surface area contributed by atoms with E-state index in [1.165, 1.54) is 0 Å². The van der Waals surface area contributed by atoms with Gasteiger partial charge in [-0.25, -0.2) is 0 Å². The minimum Gasteiger partial charge on any atom is -0.465 e. The number of benzene rings is 1. The minimum atomic E-state index is -4.49. The zero-order valence-corrected chi connectivity index (χ0v) is 12.9. The second kappa shape index (κ2) is 6.67. The molecule has 24 heavy (non-hydrogen) atoms. The molecule has 0 amide bonds. The van der Waals surface area contributed by atoms with Crippen LogP contribution in [0.15, 0.2) is 30.5 Å². The third-order valence-electron chi connectivity index (χ3n) is 4.27. The van der Waals surface area contributed by atoms with E-state index >= 15 is 0 Å². The van der Waals surface area contributed by atoms with Crippen LogP contribution in [0.5, 0.6) is 0 Å². The van der Waals surface area contributed by atoms with Crippen LogP contribution in [0.2, 0.25) is 0 Å². The lowest BCUT2D eigenvalue weighted by Gasteiger charge is -2.23. The number of aromatic amines is 1. The highest BCUT2D eigenvalue weighted by Gasteiger charge is 2.35. The highest BCUT2D eigenvalue weighted by Crippen LogP contribution is 2.33. The molecule has 1 heterocycles. The molecule has 0 aliphatic heterocycles. The quantitative estimate of drug-likeness (QED) is 0.866. The first-order chi connectivity index (χ1) is 11.5. The molecule has 0 saturated carbocycles. The molecule has 3 rings (SSSR count). The Morgan fingerprint density at radius 2 is 2.12 bits per heavy atom. The number of carbonyl (C=O) groups is 1. The van der Waals surface area contributed by atoms with Crippen molar-refractivity contribution in [3.63, 3.8) is 0 Å². The van der Waals surface area contributed by atoms with E-state index in [0.29, 0.717) is 6.42 Å². The largest absolute Gasteiger partial charge is 0.465 e. The molecule has 0 spiro atoms. The molecule has 0 saturated heterocycles. The Labute approximate surface area is 137 Å². The first-order valence-corrected chi connectivity index (χ1v) is 7.80. The molecule has 0 radical (unpaired) electrons. The van der Waals surface area contributed by atoms with Crippen LogP contribution in [0.4, 0.5) is 13.2 Å². The number of aryl methyl sites for hydroxylation is 1. The SMILES string of the molecule is O=C(OCCc1cn[nH]c1C(F)(F)F)[C@H]1CCCc2ccccc21. The van der Waals surface area contributed by atoms with E-state index in [-0.39, 0.29) is 30.5 Å². The number of fused-ring (bicyclic) bond motifs is 1. The molecule has 1 N–H and O–H groups in total. The Hall–Kier alpha value is -2.31. The molecule has 1 aromatic heterocycles. The second-order valence-electron chi connectivity index (χ2n) is 5.83. The van der Waals surface area contributed by atoms with Crippen molar-refractivity contribution >= 4 is 5.97 Å². The molecule has 1 aliphatic rings. The van der Waals surface area contributed by atoms with Crippen molar-refractivity contribution in [2.45, 2.75) is 37.8 Å². The maximum atomic E-state index is 12.7. The summed E-state index contributed by atoms with van der Waals surface area (Å²) in [5, 5.41) is 5.37. The summed E-state index contributed by atoms with van der Waals surface area (Å²) in [6.45, 7) is -0.0971. The van der Waals surface area contributed by atoms with Crippen LogP contribution >= 0.6 is 0 Å². The van der Waals surface area contributed by atoms with Gasteiger partial charge in [0.05, 0.1) is 18.7 Å². The van der Waals surface area contributed by atoms with Crippen molar-refractivity contribution in [3.8, 4) is 0 Å². The van der Waals surface area contributed by atoms with Gasteiger partial charge in [0, 0.05) is 12.0 Å². The maximum Gasteiger partial charge on any atom is 0.433 e. The lowest BCUT2D eigenvalue weighted by atomic mass is 9.83. The topological polar surface area (TPSA) is 55.0 Å². The van der Waals surface area contributed by atoms with Crippen LogP contribution in [-0.4, -0.2) is 22.8 Å². The van der Waals surface area contributed by atoms with Crippen molar-refractivity contribution in [2.75, 3.05) is 6.61 Å². The number of rotatable bonds is 4. The van der Waals surface area contributed by atoms with Gasteiger partial charge >= 0.3 is 12.1 Å². The fraction of sp³-hybridized carbons (Fsp3) is 0.412. The first kappa shape index (κ1) is 16.5. The van der Waals surface area contributed by atoms with Crippen LogP contribution in [-0.2, 0) is 28.5 Å². The van der Waals surface area contributed by atoms with Crippen molar-refractivity contribution < 1.29 is 22.7 Å². The Bertz CT molecular complexity index is 725. The normalized spacial score (nSPS) is 17.4. The van der Waals surface area contributed by atoms with Crippen LogP contribution in [0.25, 0.3) is 0 Å². The standard InChI is InChI=1S/C17H17F3N2O2/c18-17(19,20)15-12(10-21-22-15)8-9-24-16(23)14-7-3-5-11-4-1-2-6-13(11)14/h1-2,4,6,10,14H,3,5,7-9H2,(H,21,22)/t14-/m0/s1. The number of esters is 1. The molecule has 0 bridgehead atoms. The van der Waals surface area contributed by atoms with Crippen LogP contribution in [0.3, 0.4) is 0 Å². The van der Waals surface area contributed by atoms with Gasteiger partial charge in [-0.05, 0) is 30.4 Å². The summed E-state index contributed by atoms with van der Waals surface area (Å²) in [4.78, 5) is 12.3. The zero-order valence-electron chi connectivity index (χ0n) is 12.9. The molecule has 128 valence electrons. The summed E-state index contributed by atoms with van der Waals surface area (Å²) >= 11 is 0. The number of carbonyl (C=O) groups excluding carboxylic acids is 1. The number of hydrogen-bond donors (Lipinski definition) is 1. The molecule has 7 heteroatoms. The number of hydrogen-bond acceptors (Lipinski definition) is 3. The molecule has 2 aromatic rings. The van der Waals surface area contributed by atoms with Gasteiger partial charge < -0.3 is 4.74 Å². The smallest absolute Gasteiger partial charge is 0.433 e. The summed E-state index contributed by atoms with van der Waals surface area (Å²) in [7, 11) is 0. The highest BCUT2D eigenvalue weighted by molar-refractivity contribution is 5.79. The lowest BCUT2D eigenvalue weighted by Crippen LogP contribution is -2.22. The zero-order chi connectivity index (χ0) is 17.2. The fourth-order valence-corrected chi connectivity index (χ4v) is 3.11. The van der Waals surface area contributed by atoms with E-state index in [9.17, 15) is 18.0 Å². The van der Waals surface area contributed by atoms with Gasteiger partial charge in [-0.2, -0.15) is 18.3 Å². The molecular weight excluding hydrogens is 321 g/mol. The summed E-state index contributed by atoms with van der Waals surface area (Å²) in [6, 6.07) is 7.73. The minimum absolute atomic E-state index is 0.000607. The van der Waals surface area contributed by atoms with E-state index in [2.05, 4.69) is 5.10 Å². The number of nitrogens with one attached hydrogen (secondary N) is 1. The number of alkyl halides is 3. The molecular formula is C17H17F3N2O2. The Balaban J connectivity index is 1.61. The number of halogens is 3. The number of nitrogens with zero attached hydrogens (tertiary/aromatic N) is 1. The average Bonchev–Trinajstić information content (AvgIpc) is 3.03. The van der Waals surface area contributed by atoms with Crippen LogP contribution < -0.4 is 0 Å². The van der Waals surface area contributed by atoms with E-state index in [0.717, 1.165) is 30.2 Å². The first-order valence-electron chi connectivity index (χ1n) is 7.80. The third-order valence-corrected chi connectivity index (χ3v) is 4.27. The van der Waals surface area contributed by atoms with Crippen LogP contribution in [0.1, 0.15) is 41.1 Å². The number of ether oxygens (including phenoxy) is 1. The molecule has 0 fully saturated rings. The van der Waals surface area contributed by atoms with Gasteiger partial charge in [0.25, 0.3) is 0 Å². The Kier molecular flexibility index (Phi) is 4.59. The molecule has 0 unspecified atom stereocenters. The monoisotopic (exact) mass is 338 g/mol. The maximum absolute atomic E-state index is 12.7. The van der Waals surface area contributed by atoms with E-state index in [1.807, 2.05) is 29.4 Å². The summed E-state index contributed by atoms with van der Waals surface area (Å²) < 4.78 is 43.5. The van der Waals surface area contributed by atoms with Gasteiger partial charge in [0.1, 0.15) is 5.69 Å². The van der Waals surface area contributed by atoms with Gasteiger partial charge in [-0.3, -0.25) is 9.89 Å². The number of H-pyrrole nitrogens is 1. The van der Waals surface area contributed by atoms with E-state index in [4.69, 9.17) is 4.74 Å². The van der Waals surface area contributed by atoms with E-state index in [1.54, 1.807) is 0 Å². The van der Waals surface area contributed by atoms with Crippen molar-refractivity contribution in [1.82, 2.24) is 10.2 Å². The second-order valence-corrected chi connectivity index (χ2v) is 5.83. The molecule has 1 aromatic carbocycles. The van der Waals surface area contributed by atoms with Gasteiger partial charge in [-0.15, -0.1) is 0 Å². The summed E-state index contributed by atoms with van der Waals surface area (Å²) in [6.07, 6.45) is -0.855. The molecule has 1 aliphatic carbocycles. The number of aromatic nitrogens is 2. The Morgan fingerprint density at radius 3 is 2.92 bits per heavy atom. The van der Waals surface area contributed by atoms with Crippen molar-refractivity contribution in [3.05, 3.63) is 52.8 Å². The summed E-state index contributed by atoms with van der Waals surface area (Å²) in [5.74, 6) is -0.708. The van der Waals surface area contributed by atoms with Gasteiger partial charge in [0.15, 0.2) is 0 Å². The average molecular weight is 338 g/mol. The third kappa shape index (κ3) is 3.44. The highest BCUT2D eigenvalue weighted by atomic mass is 19.4. The predicted octanol–water partition coefficient (Wildman–Crippen LogP) is 3.63. The molecule has 1 atom stereocenters. The van der Waals surface area contributed by atoms with Gasteiger partial charge in [-0.1, -0.05) is 24.3 Å². The predicted molar refractivity (Wildman–Crippen MR) is 80.4 cm³/mol. The molecule has 4 nitrogen and oxygen atoms in total. The fourth-order valence-electron chi connectivity index (χ4n) is 3.11. The van der Waals surface area contributed by atoms with E-state index < -0.39 is 11.9 Å². The van der Waals surface area contributed by atoms with Crippen LogP contribution in [0, 0.1) is 0 Å². The van der Waals surface area contributed by atoms with Crippen molar-refractivity contribution in [1.29, 1.82) is 0 Å². The Morgan fingerprint density at radius 1 is 1.33 bits per heavy atom. The summed E-state index contributed by atoms with van der Waals surface area (Å²) in [5.41, 5.74) is 1.22. The van der Waals surface area contributed by atoms with Crippen molar-refractivity contribution in [2.24, 2.45) is 0 Å².